The first-order valence-corrected chi connectivity index (χ1v) is 5.02. The number of hydrogen-bond acceptors (Lipinski definition) is 2. The molecule has 76 valence electrons. The molecule has 1 fully saturated rings. The Morgan fingerprint density at radius 2 is 2.23 bits per heavy atom. The van der Waals surface area contributed by atoms with Crippen molar-refractivity contribution in [2.24, 2.45) is 5.92 Å². The summed E-state index contributed by atoms with van der Waals surface area (Å²) < 4.78 is 0. The summed E-state index contributed by atoms with van der Waals surface area (Å²) in [4.78, 5) is 12.9. The number of aliphatic carboxylic acids is 1. The molecule has 0 bridgehead atoms. The predicted octanol–water partition coefficient (Wildman–Crippen LogP) is 1.58. The molecule has 0 aromatic heterocycles. The van der Waals surface area contributed by atoms with Crippen LogP contribution in [-0.4, -0.2) is 35.1 Å². The van der Waals surface area contributed by atoms with Crippen LogP contribution in [-0.2, 0) is 4.79 Å². The molecular formula is C10H19NO2. The predicted molar refractivity (Wildman–Crippen MR) is 51.7 cm³/mol. The van der Waals surface area contributed by atoms with Gasteiger partial charge in [0.1, 0.15) is 6.04 Å². The van der Waals surface area contributed by atoms with Crippen LogP contribution < -0.4 is 0 Å². The number of likely N-dealkylation sites (tertiary alicyclic amines) is 1. The number of likely N-dealkylation sites (N-methyl/N-ethyl adjacent to an activating group) is 1. The van der Waals surface area contributed by atoms with Crippen molar-refractivity contribution >= 4 is 5.97 Å². The van der Waals surface area contributed by atoms with Gasteiger partial charge in [0.15, 0.2) is 0 Å². The average Bonchev–Trinajstić information content (AvgIpc) is 2.32. The third kappa shape index (κ3) is 2.02. The fourth-order valence-corrected chi connectivity index (χ4v) is 2.37. The topological polar surface area (TPSA) is 40.5 Å². The van der Waals surface area contributed by atoms with Gasteiger partial charge in [-0.25, -0.2) is 0 Å². The number of hydrogen-bond donors (Lipinski definition) is 1. The number of carboxylic acids is 1. The first-order valence-electron chi connectivity index (χ1n) is 5.02. The molecule has 3 nitrogen and oxygen atoms in total. The second-order valence-corrected chi connectivity index (χ2v) is 4.09. The third-order valence-corrected chi connectivity index (χ3v) is 3.14. The van der Waals surface area contributed by atoms with Crippen LogP contribution in [0, 0.1) is 5.92 Å². The summed E-state index contributed by atoms with van der Waals surface area (Å²) >= 11 is 0. The second-order valence-electron chi connectivity index (χ2n) is 4.09. The molecule has 0 aromatic rings. The van der Waals surface area contributed by atoms with Crippen LogP contribution in [0.4, 0.5) is 0 Å². The standard InChI is InChI=1S/C10H19NO2/c1-4-5-8-7(2)6-9(10(12)13)11(8)3/h7-9H,4-6H2,1-3H3,(H,12,13). The van der Waals surface area contributed by atoms with E-state index in [-0.39, 0.29) is 6.04 Å². The van der Waals surface area contributed by atoms with E-state index in [1.165, 1.54) is 0 Å². The van der Waals surface area contributed by atoms with Gasteiger partial charge in [-0.15, -0.1) is 0 Å². The van der Waals surface area contributed by atoms with Crippen molar-refractivity contribution in [2.75, 3.05) is 7.05 Å². The molecule has 1 rings (SSSR count). The van der Waals surface area contributed by atoms with E-state index in [0.29, 0.717) is 12.0 Å². The van der Waals surface area contributed by atoms with Crippen LogP contribution in [0.2, 0.25) is 0 Å². The maximum Gasteiger partial charge on any atom is 0.320 e. The maximum atomic E-state index is 10.9. The summed E-state index contributed by atoms with van der Waals surface area (Å²) in [7, 11) is 1.93. The van der Waals surface area contributed by atoms with Crippen molar-refractivity contribution in [2.45, 2.75) is 45.2 Å². The van der Waals surface area contributed by atoms with Gasteiger partial charge in [-0.3, -0.25) is 9.69 Å². The summed E-state index contributed by atoms with van der Waals surface area (Å²) in [6.45, 7) is 4.30. The van der Waals surface area contributed by atoms with Gasteiger partial charge in [-0.1, -0.05) is 20.3 Å². The Hall–Kier alpha value is -0.570. The van der Waals surface area contributed by atoms with Crippen LogP contribution in [0.3, 0.4) is 0 Å². The molecule has 1 aliphatic heterocycles. The third-order valence-electron chi connectivity index (χ3n) is 3.14. The fourth-order valence-electron chi connectivity index (χ4n) is 2.37. The van der Waals surface area contributed by atoms with Gasteiger partial charge in [0, 0.05) is 6.04 Å². The lowest BCUT2D eigenvalue weighted by Gasteiger charge is -2.24. The fraction of sp³-hybridized carbons (Fsp3) is 0.900. The molecular weight excluding hydrogens is 166 g/mol. The van der Waals surface area contributed by atoms with Crippen LogP contribution >= 0.6 is 0 Å². The van der Waals surface area contributed by atoms with Gasteiger partial charge in [-0.2, -0.15) is 0 Å². The Kier molecular flexibility index (Phi) is 3.31. The van der Waals surface area contributed by atoms with Crippen LogP contribution in [0.5, 0.6) is 0 Å². The molecule has 0 spiro atoms. The van der Waals surface area contributed by atoms with Crippen molar-refractivity contribution in [1.29, 1.82) is 0 Å². The lowest BCUT2D eigenvalue weighted by molar-refractivity contribution is -0.142. The van der Waals surface area contributed by atoms with Gasteiger partial charge in [-0.05, 0) is 25.8 Å². The number of carboxylic acid groups (broad SMARTS) is 1. The number of carbonyl (C=O) groups is 1. The first kappa shape index (κ1) is 10.5. The number of nitrogens with zero attached hydrogens (tertiary/aromatic N) is 1. The van der Waals surface area contributed by atoms with E-state index in [0.717, 1.165) is 19.3 Å². The molecule has 1 N–H and O–H groups in total. The van der Waals surface area contributed by atoms with Crippen molar-refractivity contribution in [3.8, 4) is 0 Å². The summed E-state index contributed by atoms with van der Waals surface area (Å²) in [5, 5.41) is 8.95. The highest BCUT2D eigenvalue weighted by molar-refractivity contribution is 5.74. The van der Waals surface area contributed by atoms with Gasteiger partial charge < -0.3 is 5.11 Å². The minimum absolute atomic E-state index is 0.258. The Morgan fingerprint density at radius 3 is 2.62 bits per heavy atom. The van der Waals surface area contributed by atoms with Crippen LogP contribution in [0.15, 0.2) is 0 Å². The molecule has 3 heteroatoms. The summed E-state index contributed by atoms with van der Waals surface area (Å²) in [5.74, 6) is -0.154. The maximum absolute atomic E-state index is 10.9. The molecule has 0 radical (unpaired) electrons. The highest BCUT2D eigenvalue weighted by Gasteiger charge is 2.39. The highest BCUT2D eigenvalue weighted by Crippen LogP contribution is 2.30. The molecule has 0 aromatic carbocycles. The van der Waals surface area contributed by atoms with E-state index < -0.39 is 5.97 Å². The quantitative estimate of drug-likeness (QED) is 0.725. The SMILES string of the molecule is CCCC1C(C)CC(C(=O)O)N1C. The monoisotopic (exact) mass is 185 g/mol. The van der Waals surface area contributed by atoms with E-state index in [1.807, 2.05) is 11.9 Å². The Bertz CT molecular complexity index is 193. The Balaban J connectivity index is 2.63. The van der Waals surface area contributed by atoms with Crippen molar-refractivity contribution in [1.82, 2.24) is 4.90 Å². The highest BCUT2D eigenvalue weighted by atomic mass is 16.4. The molecule has 0 amide bonds. The molecule has 0 aliphatic carbocycles. The zero-order valence-corrected chi connectivity index (χ0v) is 8.66. The molecule has 0 saturated carbocycles. The minimum atomic E-state index is -0.673. The van der Waals surface area contributed by atoms with Crippen molar-refractivity contribution in [3.63, 3.8) is 0 Å². The Labute approximate surface area is 79.7 Å². The lowest BCUT2D eigenvalue weighted by Crippen LogP contribution is -2.38. The van der Waals surface area contributed by atoms with E-state index >= 15 is 0 Å². The Morgan fingerprint density at radius 1 is 1.62 bits per heavy atom. The van der Waals surface area contributed by atoms with E-state index in [1.54, 1.807) is 0 Å². The normalized spacial score (nSPS) is 35.2. The van der Waals surface area contributed by atoms with E-state index in [4.69, 9.17) is 5.11 Å². The summed E-state index contributed by atoms with van der Waals surface area (Å²) in [6.07, 6.45) is 3.05. The average molecular weight is 185 g/mol. The van der Waals surface area contributed by atoms with Gasteiger partial charge >= 0.3 is 5.97 Å². The zero-order chi connectivity index (χ0) is 10.0. The molecule has 13 heavy (non-hydrogen) atoms. The zero-order valence-electron chi connectivity index (χ0n) is 8.66. The smallest absolute Gasteiger partial charge is 0.320 e. The van der Waals surface area contributed by atoms with Gasteiger partial charge in [0.05, 0.1) is 0 Å². The molecule has 1 heterocycles. The van der Waals surface area contributed by atoms with Crippen LogP contribution in [0.25, 0.3) is 0 Å². The van der Waals surface area contributed by atoms with Crippen molar-refractivity contribution in [3.05, 3.63) is 0 Å². The van der Waals surface area contributed by atoms with Gasteiger partial charge in [0.2, 0.25) is 0 Å². The molecule has 1 aliphatic rings. The minimum Gasteiger partial charge on any atom is -0.480 e. The molecule has 3 unspecified atom stereocenters. The first-order chi connectivity index (χ1) is 6.07. The molecule has 1 saturated heterocycles. The van der Waals surface area contributed by atoms with Crippen LogP contribution in [0.1, 0.15) is 33.1 Å². The van der Waals surface area contributed by atoms with E-state index in [9.17, 15) is 4.79 Å². The van der Waals surface area contributed by atoms with Crippen molar-refractivity contribution < 1.29 is 9.90 Å². The second kappa shape index (κ2) is 4.09. The van der Waals surface area contributed by atoms with E-state index in [2.05, 4.69) is 13.8 Å². The molecule has 3 atom stereocenters. The number of rotatable bonds is 3. The summed E-state index contributed by atoms with van der Waals surface area (Å²) in [6, 6.07) is 0.206. The van der Waals surface area contributed by atoms with Gasteiger partial charge in [0.25, 0.3) is 0 Å². The lowest BCUT2D eigenvalue weighted by atomic mass is 9.98. The summed E-state index contributed by atoms with van der Waals surface area (Å²) in [5.41, 5.74) is 0. The largest absolute Gasteiger partial charge is 0.480 e.